The van der Waals surface area contributed by atoms with E-state index in [0.717, 1.165) is 37.9 Å². The molecule has 2 aromatic rings. The molecule has 1 saturated heterocycles. The molecular formula is C17H20N6O. The topological polar surface area (TPSA) is 83.9 Å². The fourth-order valence-electron chi connectivity index (χ4n) is 3.32. The Kier molecular flexibility index (Phi) is 4.06. The maximum atomic E-state index is 12.6. The van der Waals surface area contributed by atoms with E-state index in [4.69, 9.17) is 0 Å². The largest absolute Gasteiger partial charge is 0.334 e. The summed E-state index contributed by atoms with van der Waals surface area (Å²) in [7, 11) is 0. The van der Waals surface area contributed by atoms with Crippen molar-refractivity contribution in [1.82, 2.24) is 24.8 Å². The van der Waals surface area contributed by atoms with Crippen molar-refractivity contribution in [3.63, 3.8) is 0 Å². The molecule has 0 spiro atoms. The zero-order valence-electron chi connectivity index (χ0n) is 13.4. The zero-order chi connectivity index (χ0) is 16.4. The van der Waals surface area contributed by atoms with Crippen molar-refractivity contribution in [3.05, 3.63) is 36.5 Å². The first-order valence-corrected chi connectivity index (χ1v) is 8.48. The first-order valence-electron chi connectivity index (χ1n) is 8.48. The van der Waals surface area contributed by atoms with Crippen LogP contribution in [0.5, 0.6) is 0 Å². The van der Waals surface area contributed by atoms with Crippen LogP contribution in [0.15, 0.2) is 30.9 Å². The third kappa shape index (κ3) is 2.93. The number of carbonyl (C=O) groups is 1. The lowest BCUT2D eigenvalue weighted by Gasteiger charge is -2.32. The number of rotatable bonds is 4. The van der Waals surface area contributed by atoms with Crippen LogP contribution in [-0.4, -0.2) is 37.3 Å². The van der Waals surface area contributed by atoms with Gasteiger partial charge >= 0.3 is 0 Å². The molecule has 1 amide bonds. The molecule has 124 valence electrons. The Morgan fingerprint density at radius 2 is 2.04 bits per heavy atom. The third-order valence-electron chi connectivity index (χ3n) is 4.81. The molecule has 7 heteroatoms. The number of amides is 1. The van der Waals surface area contributed by atoms with Crippen LogP contribution in [-0.2, 0) is 4.79 Å². The summed E-state index contributed by atoms with van der Waals surface area (Å²) in [5.41, 5.74) is 0.890. The highest BCUT2D eigenvalue weighted by Crippen LogP contribution is 2.36. The fraction of sp³-hybridized carbons (Fsp3) is 0.471. The Balaban J connectivity index is 1.52. The van der Waals surface area contributed by atoms with Crippen LogP contribution in [0.3, 0.4) is 0 Å². The molecule has 0 radical (unpaired) electrons. The highest BCUT2D eigenvalue weighted by atomic mass is 16.2. The van der Waals surface area contributed by atoms with Gasteiger partial charge in [0.25, 0.3) is 0 Å². The quantitative estimate of drug-likeness (QED) is 0.930. The lowest BCUT2D eigenvalue weighted by atomic mass is 9.84. The SMILES string of the molecule is O=C(C1CCC1)N1CCC[C@@H]1c1ccnc(Nc2cnccn2)n1. The Bertz CT molecular complexity index is 718. The average Bonchev–Trinajstić information content (AvgIpc) is 3.04. The Hall–Kier alpha value is -2.57. The van der Waals surface area contributed by atoms with Crippen molar-refractivity contribution in [2.24, 2.45) is 5.92 Å². The number of hydrogen-bond acceptors (Lipinski definition) is 6. The highest BCUT2D eigenvalue weighted by molar-refractivity contribution is 5.80. The third-order valence-corrected chi connectivity index (χ3v) is 4.81. The van der Waals surface area contributed by atoms with Gasteiger partial charge in [0, 0.05) is 31.1 Å². The van der Waals surface area contributed by atoms with Crippen LogP contribution in [0, 0.1) is 5.92 Å². The van der Waals surface area contributed by atoms with Gasteiger partial charge in [0.15, 0.2) is 5.82 Å². The molecule has 0 unspecified atom stereocenters. The van der Waals surface area contributed by atoms with Crippen molar-refractivity contribution in [1.29, 1.82) is 0 Å². The van der Waals surface area contributed by atoms with E-state index in [1.165, 1.54) is 6.42 Å². The van der Waals surface area contributed by atoms with Crippen molar-refractivity contribution in [2.45, 2.75) is 38.1 Å². The van der Waals surface area contributed by atoms with E-state index in [1.807, 2.05) is 11.0 Å². The van der Waals surface area contributed by atoms with E-state index in [-0.39, 0.29) is 12.0 Å². The molecule has 2 aliphatic rings. The summed E-state index contributed by atoms with van der Waals surface area (Å²) in [6.07, 6.45) is 11.8. The Morgan fingerprint density at radius 1 is 1.12 bits per heavy atom. The number of nitrogens with zero attached hydrogens (tertiary/aromatic N) is 5. The number of carbonyl (C=O) groups excluding carboxylic acids is 1. The first-order chi connectivity index (χ1) is 11.8. The zero-order valence-corrected chi connectivity index (χ0v) is 13.4. The van der Waals surface area contributed by atoms with E-state index < -0.39 is 0 Å². The average molecular weight is 324 g/mol. The number of aromatic nitrogens is 4. The Labute approximate surface area is 140 Å². The second-order valence-corrected chi connectivity index (χ2v) is 6.34. The van der Waals surface area contributed by atoms with Crippen molar-refractivity contribution in [2.75, 3.05) is 11.9 Å². The predicted octanol–water partition coefficient (Wildman–Crippen LogP) is 2.47. The van der Waals surface area contributed by atoms with Gasteiger partial charge in [-0.25, -0.2) is 15.0 Å². The number of likely N-dealkylation sites (tertiary alicyclic amines) is 1. The van der Waals surface area contributed by atoms with Gasteiger partial charge in [-0.1, -0.05) is 6.42 Å². The predicted molar refractivity (Wildman–Crippen MR) is 88.4 cm³/mol. The fourth-order valence-corrected chi connectivity index (χ4v) is 3.32. The lowest BCUT2D eigenvalue weighted by Crippen LogP contribution is -2.38. The van der Waals surface area contributed by atoms with E-state index in [2.05, 4.69) is 25.3 Å². The van der Waals surface area contributed by atoms with Crippen LogP contribution in [0.25, 0.3) is 0 Å². The summed E-state index contributed by atoms with van der Waals surface area (Å²) in [5.74, 6) is 1.61. The second-order valence-electron chi connectivity index (χ2n) is 6.34. The van der Waals surface area contributed by atoms with Gasteiger partial charge in [-0.2, -0.15) is 0 Å². The minimum atomic E-state index is 0.0588. The van der Waals surface area contributed by atoms with Gasteiger partial charge in [0.05, 0.1) is 17.9 Å². The van der Waals surface area contributed by atoms with E-state index in [0.29, 0.717) is 17.7 Å². The van der Waals surface area contributed by atoms with Gasteiger partial charge in [0.2, 0.25) is 11.9 Å². The van der Waals surface area contributed by atoms with Gasteiger partial charge in [-0.3, -0.25) is 9.78 Å². The molecule has 0 bridgehead atoms. The molecule has 1 aliphatic carbocycles. The molecule has 1 aliphatic heterocycles. The molecule has 7 nitrogen and oxygen atoms in total. The second kappa shape index (κ2) is 6.51. The number of nitrogens with one attached hydrogen (secondary N) is 1. The van der Waals surface area contributed by atoms with Gasteiger partial charge in [-0.05, 0) is 31.7 Å². The molecule has 1 saturated carbocycles. The molecule has 1 atom stereocenters. The summed E-state index contributed by atoms with van der Waals surface area (Å²) in [5, 5.41) is 3.06. The van der Waals surface area contributed by atoms with Crippen LogP contribution in [0.1, 0.15) is 43.8 Å². The van der Waals surface area contributed by atoms with E-state index >= 15 is 0 Å². The Morgan fingerprint density at radius 3 is 2.79 bits per heavy atom. The molecule has 4 rings (SSSR count). The van der Waals surface area contributed by atoms with Crippen LogP contribution in [0.4, 0.5) is 11.8 Å². The van der Waals surface area contributed by atoms with Gasteiger partial charge in [-0.15, -0.1) is 0 Å². The van der Waals surface area contributed by atoms with Crippen LogP contribution >= 0.6 is 0 Å². The van der Waals surface area contributed by atoms with Gasteiger partial charge in [0.1, 0.15) is 0 Å². The summed E-state index contributed by atoms with van der Waals surface area (Å²) in [6.45, 7) is 0.830. The summed E-state index contributed by atoms with van der Waals surface area (Å²) in [6, 6.07) is 1.96. The maximum absolute atomic E-state index is 12.6. The van der Waals surface area contributed by atoms with Gasteiger partial charge < -0.3 is 10.2 Å². The molecule has 24 heavy (non-hydrogen) atoms. The highest BCUT2D eigenvalue weighted by Gasteiger charge is 2.36. The van der Waals surface area contributed by atoms with Crippen molar-refractivity contribution < 1.29 is 4.79 Å². The normalized spacial score (nSPS) is 20.7. The summed E-state index contributed by atoms with van der Waals surface area (Å²) < 4.78 is 0. The van der Waals surface area contributed by atoms with Crippen LogP contribution in [0.2, 0.25) is 0 Å². The minimum absolute atomic E-state index is 0.0588. The smallest absolute Gasteiger partial charge is 0.228 e. The monoisotopic (exact) mass is 324 g/mol. The molecule has 2 aromatic heterocycles. The van der Waals surface area contributed by atoms with Crippen molar-refractivity contribution >= 4 is 17.7 Å². The maximum Gasteiger partial charge on any atom is 0.228 e. The van der Waals surface area contributed by atoms with E-state index in [1.54, 1.807) is 24.8 Å². The number of hydrogen-bond donors (Lipinski definition) is 1. The molecule has 0 aromatic carbocycles. The number of anilines is 2. The van der Waals surface area contributed by atoms with Crippen molar-refractivity contribution in [3.8, 4) is 0 Å². The molecular weight excluding hydrogens is 304 g/mol. The molecule has 1 N–H and O–H groups in total. The van der Waals surface area contributed by atoms with Crippen LogP contribution < -0.4 is 5.32 Å². The first kappa shape index (κ1) is 15.0. The standard InChI is InChI=1S/C17H20N6O/c24-16(12-3-1-4-12)23-10-2-5-14(23)13-6-7-20-17(21-13)22-15-11-18-8-9-19-15/h6-9,11-12,14H,1-5,10H2,(H,19,20,21,22)/t14-/m1/s1. The summed E-state index contributed by atoms with van der Waals surface area (Å²) in [4.78, 5) is 31.7. The van der Waals surface area contributed by atoms with E-state index in [9.17, 15) is 4.79 Å². The molecule has 3 heterocycles. The summed E-state index contributed by atoms with van der Waals surface area (Å²) >= 11 is 0. The minimum Gasteiger partial charge on any atom is -0.334 e. The lowest BCUT2D eigenvalue weighted by molar-refractivity contribution is -0.139. The molecule has 2 fully saturated rings.